The second-order valence-corrected chi connectivity index (χ2v) is 12.0. The van der Waals surface area contributed by atoms with Crippen LogP contribution in [-0.2, 0) is 45.4 Å². The molecular formula is C30H43N2O9P. The Morgan fingerprint density at radius 1 is 0.690 bits per heavy atom. The van der Waals surface area contributed by atoms with E-state index in [1.165, 1.54) is 0 Å². The van der Waals surface area contributed by atoms with E-state index in [0.29, 0.717) is 12.8 Å². The van der Waals surface area contributed by atoms with Crippen molar-refractivity contribution in [3.05, 3.63) is 71.8 Å². The van der Waals surface area contributed by atoms with Crippen LogP contribution in [0.25, 0.3) is 0 Å². The fourth-order valence-corrected chi connectivity index (χ4v) is 4.88. The van der Waals surface area contributed by atoms with Gasteiger partial charge < -0.3 is 18.9 Å². The minimum absolute atomic E-state index is 0.0184. The third kappa shape index (κ3) is 15.0. The first-order chi connectivity index (χ1) is 20.1. The van der Waals surface area contributed by atoms with Gasteiger partial charge in [0.2, 0.25) is 0 Å². The van der Waals surface area contributed by atoms with Gasteiger partial charge in [-0.1, -0.05) is 88.4 Å². The van der Waals surface area contributed by atoms with E-state index in [9.17, 15) is 14.2 Å². The Bertz CT molecular complexity index is 1060. The second-order valence-electron chi connectivity index (χ2n) is 10.3. The molecule has 42 heavy (non-hydrogen) atoms. The van der Waals surface area contributed by atoms with Crippen LogP contribution in [0.4, 0.5) is 9.59 Å². The van der Waals surface area contributed by atoms with Gasteiger partial charge in [-0.2, -0.15) is 0 Å². The molecule has 2 N–H and O–H groups in total. The molecule has 0 aliphatic heterocycles. The first kappa shape index (κ1) is 34.8. The highest BCUT2D eigenvalue weighted by atomic mass is 31.2. The lowest BCUT2D eigenvalue weighted by atomic mass is 10.2. The molecule has 2 rings (SSSR count). The SMILES string of the molecule is CC(COC(=O)OCCc1ccccc1)COP(=O)(NC(=N)C(C)C)OCC(C)COC(=O)OCCc1ccccc1. The Labute approximate surface area is 248 Å². The molecule has 0 aliphatic rings. The summed E-state index contributed by atoms with van der Waals surface area (Å²) in [5.41, 5.74) is 2.09. The van der Waals surface area contributed by atoms with Gasteiger partial charge in [-0.3, -0.25) is 19.5 Å². The van der Waals surface area contributed by atoms with Gasteiger partial charge in [-0.05, 0) is 11.1 Å². The molecule has 0 aromatic heterocycles. The molecule has 0 heterocycles. The molecule has 2 aromatic rings. The summed E-state index contributed by atoms with van der Waals surface area (Å²) >= 11 is 0. The fraction of sp³-hybridized carbons (Fsp3) is 0.500. The van der Waals surface area contributed by atoms with Crippen molar-refractivity contribution in [2.24, 2.45) is 17.8 Å². The number of carbonyl (C=O) groups excluding carboxylic acids is 2. The van der Waals surface area contributed by atoms with E-state index in [4.69, 9.17) is 33.4 Å². The van der Waals surface area contributed by atoms with Gasteiger partial charge in [0.25, 0.3) is 0 Å². The smallest absolute Gasteiger partial charge is 0.434 e. The van der Waals surface area contributed by atoms with Gasteiger partial charge >= 0.3 is 20.1 Å². The van der Waals surface area contributed by atoms with Gasteiger partial charge in [-0.25, -0.2) is 14.2 Å². The minimum Gasteiger partial charge on any atom is -0.434 e. The highest BCUT2D eigenvalue weighted by Crippen LogP contribution is 2.45. The Balaban J connectivity index is 1.72. The van der Waals surface area contributed by atoms with Crippen LogP contribution in [-0.4, -0.2) is 57.8 Å². The normalized spacial score (nSPS) is 13.8. The zero-order chi connectivity index (χ0) is 30.8. The number of amidine groups is 1. The number of nitrogens with one attached hydrogen (secondary N) is 2. The van der Waals surface area contributed by atoms with Crippen LogP contribution in [0, 0.1) is 23.2 Å². The Kier molecular flexibility index (Phi) is 15.7. The highest BCUT2D eigenvalue weighted by molar-refractivity contribution is 7.52. The zero-order valence-corrected chi connectivity index (χ0v) is 25.7. The summed E-state index contributed by atoms with van der Waals surface area (Å²) in [7, 11) is -3.95. The molecule has 2 unspecified atom stereocenters. The number of ether oxygens (including phenoxy) is 4. The van der Waals surface area contributed by atoms with Crippen molar-refractivity contribution in [2.45, 2.75) is 40.5 Å². The lowest BCUT2D eigenvalue weighted by Crippen LogP contribution is -2.28. The van der Waals surface area contributed by atoms with Crippen molar-refractivity contribution < 1.29 is 42.1 Å². The summed E-state index contributed by atoms with van der Waals surface area (Å²) in [6.45, 7) is 7.18. The molecule has 12 heteroatoms. The number of carbonyl (C=O) groups is 2. The maximum absolute atomic E-state index is 13.4. The number of hydrogen-bond donors (Lipinski definition) is 2. The second kappa shape index (κ2) is 18.9. The van der Waals surface area contributed by atoms with Crippen molar-refractivity contribution in [3.63, 3.8) is 0 Å². The van der Waals surface area contributed by atoms with Gasteiger partial charge in [-0.15, -0.1) is 0 Å². The van der Waals surface area contributed by atoms with Gasteiger partial charge in [0, 0.05) is 30.6 Å². The van der Waals surface area contributed by atoms with Crippen LogP contribution in [0.1, 0.15) is 38.8 Å². The van der Waals surface area contributed by atoms with Crippen molar-refractivity contribution in [1.29, 1.82) is 5.41 Å². The molecule has 0 amide bonds. The molecule has 0 fully saturated rings. The summed E-state index contributed by atoms with van der Waals surface area (Å²) in [5.74, 6) is -0.950. The number of hydrogen-bond acceptors (Lipinski definition) is 10. The molecule has 2 aromatic carbocycles. The Morgan fingerprint density at radius 2 is 1.10 bits per heavy atom. The first-order valence-electron chi connectivity index (χ1n) is 14.0. The maximum atomic E-state index is 13.4. The summed E-state index contributed by atoms with van der Waals surface area (Å²) in [4.78, 5) is 23.8. The standard InChI is InChI=1S/C30H43N2O9P/c1-23(2)28(31)32-42(35,40-21-24(3)19-38-29(33)36-17-15-26-11-7-5-8-12-26)41-22-25(4)20-39-30(34)37-18-16-27-13-9-6-10-14-27/h5-14,23-25H,15-22H2,1-4H3,(H2,31,32,35). The monoisotopic (exact) mass is 606 g/mol. The van der Waals surface area contributed by atoms with Crippen LogP contribution >= 0.6 is 7.75 Å². The molecule has 0 radical (unpaired) electrons. The third-order valence-corrected chi connectivity index (χ3v) is 7.26. The molecule has 0 bridgehead atoms. The van der Waals surface area contributed by atoms with E-state index < -0.39 is 20.1 Å². The first-order valence-corrected chi connectivity index (χ1v) is 15.5. The van der Waals surface area contributed by atoms with Gasteiger partial charge in [0.05, 0.1) is 39.6 Å². The molecule has 0 spiro atoms. The van der Waals surface area contributed by atoms with E-state index in [1.54, 1.807) is 27.7 Å². The van der Waals surface area contributed by atoms with Crippen LogP contribution < -0.4 is 5.09 Å². The maximum Gasteiger partial charge on any atom is 0.508 e. The van der Waals surface area contributed by atoms with Gasteiger partial charge in [0.1, 0.15) is 5.84 Å². The largest absolute Gasteiger partial charge is 0.508 e. The minimum atomic E-state index is -3.95. The molecule has 0 saturated heterocycles. The lowest BCUT2D eigenvalue weighted by Gasteiger charge is -2.24. The fourth-order valence-electron chi connectivity index (χ4n) is 3.22. The van der Waals surface area contributed by atoms with Gasteiger partial charge in [0.15, 0.2) is 0 Å². The lowest BCUT2D eigenvalue weighted by molar-refractivity contribution is 0.0367. The number of benzene rings is 2. The van der Waals surface area contributed by atoms with Crippen LogP contribution in [0.3, 0.4) is 0 Å². The topological polar surface area (TPSA) is 142 Å². The van der Waals surface area contributed by atoms with E-state index in [0.717, 1.165) is 11.1 Å². The Morgan fingerprint density at radius 3 is 1.48 bits per heavy atom. The average Bonchev–Trinajstić information content (AvgIpc) is 2.98. The van der Waals surface area contributed by atoms with Crippen LogP contribution in [0.15, 0.2) is 60.7 Å². The quantitative estimate of drug-likeness (QED) is 0.0845. The van der Waals surface area contributed by atoms with Crippen molar-refractivity contribution in [3.8, 4) is 0 Å². The Hall–Kier alpha value is -3.40. The van der Waals surface area contributed by atoms with Crippen molar-refractivity contribution >= 4 is 25.9 Å². The van der Waals surface area contributed by atoms with E-state index >= 15 is 0 Å². The average molecular weight is 607 g/mol. The molecule has 0 saturated carbocycles. The summed E-state index contributed by atoms with van der Waals surface area (Å²) in [5, 5.41) is 10.6. The number of rotatable bonds is 18. The molecule has 11 nitrogen and oxygen atoms in total. The predicted octanol–water partition coefficient (Wildman–Crippen LogP) is 6.41. The van der Waals surface area contributed by atoms with E-state index in [-0.39, 0.29) is 63.2 Å². The van der Waals surface area contributed by atoms with Crippen LogP contribution in [0.2, 0.25) is 0 Å². The predicted molar refractivity (Wildman–Crippen MR) is 158 cm³/mol. The van der Waals surface area contributed by atoms with E-state index in [1.807, 2.05) is 60.7 Å². The summed E-state index contributed by atoms with van der Waals surface area (Å²) in [6.07, 6.45) is -0.461. The van der Waals surface area contributed by atoms with Crippen molar-refractivity contribution in [1.82, 2.24) is 5.09 Å². The molecule has 232 valence electrons. The summed E-state index contributed by atoms with van der Waals surface area (Å²) in [6, 6.07) is 19.2. The van der Waals surface area contributed by atoms with E-state index in [2.05, 4.69) is 5.09 Å². The summed E-state index contributed by atoms with van der Waals surface area (Å²) < 4.78 is 45.0. The molecular weight excluding hydrogens is 563 g/mol. The van der Waals surface area contributed by atoms with Crippen LogP contribution in [0.5, 0.6) is 0 Å². The highest BCUT2D eigenvalue weighted by Gasteiger charge is 2.29. The zero-order valence-electron chi connectivity index (χ0n) is 24.8. The molecule has 0 aliphatic carbocycles. The van der Waals surface area contributed by atoms with Crippen molar-refractivity contribution in [2.75, 3.05) is 39.6 Å². The third-order valence-electron chi connectivity index (χ3n) is 5.77. The molecule has 2 atom stereocenters.